The van der Waals surface area contributed by atoms with Gasteiger partial charge in [0.2, 0.25) is 0 Å². The Morgan fingerprint density at radius 3 is 2.90 bits per heavy atom. The summed E-state index contributed by atoms with van der Waals surface area (Å²) in [5, 5.41) is 6.17. The lowest BCUT2D eigenvalue weighted by molar-refractivity contribution is 0.623. The second-order valence-corrected chi connectivity index (χ2v) is 5.46. The first-order chi connectivity index (χ1) is 9.65. The van der Waals surface area contributed by atoms with Gasteiger partial charge < -0.3 is 5.32 Å². The molecule has 6 heteroatoms. The molecule has 2 aromatic rings. The third kappa shape index (κ3) is 3.35. The largest absolute Gasteiger partial charge is 0.371 e. The number of hydrogen-bond acceptors (Lipinski definition) is 3. The van der Waals surface area contributed by atoms with Gasteiger partial charge in [0.05, 0.1) is 6.04 Å². The van der Waals surface area contributed by atoms with E-state index in [0.29, 0.717) is 10.9 Å². The Morgan fingerprint density at radius 1 is 1.55 bits per heavy atom. The third-order valence-corrected chi connectivity index (χ3v) is 3.97. The Morgan fingerprint density at radius 2 is 2.35 bits per heavy atom. The zero-order chi connectivity index (χ0) is 14.5. The van der Waals surface area contributed by atoms with E-state index in [1.807, 2.05) is 12.3 Å². The molecule has 0 unspecified atom stereocenters. The number of rotatable bonds is 4. The molecule has 20 heavy (non-hydrogen) atoms. The molecule has 0 saturated heterocycles. The lowest BCUT2D eigenvalue weighted by Gasteiger charge is -2.14. The maximum atomic E-state index is 13.1. The number of nitrogens with one attached hydrogen (secondary N) is 1. The molecule has 3 nitrogen and oxygen atoms in total. The van der Waals surface area contributed by atoms with Crippen LogP contribution in [-0.4, -0.2) is 17.9 Å². The molecule has 0 aliphatic carbocycles. The molecular formula is C14H15ClFN3S. The fourth-order valence-electron chi connectivity index (χ4n) is 1.88. The molecule has 0 fully saturated rings. The number of halogens is 2. The van der Waals surface area contributed by atoms with Crippen molar-refractivity contribution in [3.05, 3.63) is 51.2 Å². The summed E-state index contributed by atoms with van der Waals surface area (Å²) in [6.07, 6.45) is 2.50. The number of amidine groups is 1. The molecule has 1 atom stereocenters. The highest BCUT2D eigenvalue weighted by Gasteiger charge is 2.15. The second-order valence-electron chi connectivity index (χ2n) is 4.15. The Hall–Kier alpha value is -1.46. The van der Waals surface area contributed by atoms with Gasteiger partial charge >= 0.3 is 0 Å². The lowest BCUT2D eigenvalue weighted by atomic mass is 10.1. The topological polar surface area (TPSA) is 37.3 Å². The van der Waals surface area contributed by atoms with Crippen LogP contribution in [0.4, 0.5) is 4.39 Å². The highest BCUT2D eigenvalue weighted by Crippen LogP contribution is 2.29. The van der Waals surface area contributed by atoms with Crippen molar-refractivity contribution in [3.8, 4) is 0 Å². The van der Waals surface area contributed by atoms with Crippen molar-refractivity contribution in [2.45, 2.75) is 19.4 Å². The average molecular weight is 312 g/mol. The molecule has 0 aliphatic heterocycles. The Kier molecular flexibility index (Phi) is 5.09. The minimum Gasteiger partial charge on any atom is -0.371 e. The third-order valence-electron chi connectivity index (χ3n) is 2.86. The summed E-state index contributed by atoms with van der Waals surface area (Å²) in [5.74, 6) is 0.374. The number of aromatic nitrogens is 1. The van der Waals surface area contributed by atoms with Crippen molar-refractivity contribution < 1.29 is 4.39 Å². The van der Waals surface area contributed by atoms with Crippen LogP contribution in [0.2, 0.25) is 5.02 Å². The van der Waals surface area contributed by atoms with Gasteiger partial charge in [-0.1, -0.05) is 24.6 Å². The Balaban J connectivity index is 2.36. The summed E-state index contributed by atoms with van der Waals surface area (Å²) in [4.78, 5) is 8.90. The second kappa shape index (κ2) is 6.81. The highest BCUT2D eigenvalue weighted by atomic mass is 35.5. The summed E-state index contributed by atoms with van der Waals surface area (Å²) in [5.41, 5.74) is 0.819. The molecule has 0 radical (unpaired) electrons. The maximum Gasteiger partial charge on any atom is 0.158 e. The van der Waals surface area contributed by atoms with Crippen LogP contribution in [0, 0.1) is 5.82 Å². The number of aliphatic imine (C=N–C) groups is 1. The molecule has 0 saturated carbocycles. The predicted molar refractivity (Wildman–Crippen MR) is 82.2 cm³/mol. The maximum absolute atomic E-state index is 13.1. The van der Waals surface area contributed by atoms with Crippen LogP contribution >= 0.6 is 22.9 Å². The van der Waals surface area contributed by atoms with Crippen molar-refractivity contribution in [2.75, 3.05) is 7.05 Å². The van der Waals surface area contributed by atoms with Crippen molar-refractivity contribution in [2.24, 2.45) is 4.99 Å². The number of hydrogen-bond donors (Lipinski definition) is 1. The smallest absolute Gasteiger partial charge is 0.158 e. The van der Waals surface area contributed by atoms with Gasteiger partial charge in [-0.3, -0.25) is 4.99 Å². The molecule has 1 aromatic carbocycles. The summed E-state index contributed by atoms with van der Waals surface area (Å²) in [6.45, 7) is 2.02. The van der Waals surface area contributed by atoms with Crippen molar-refractivity contribution >= 4 is 28.8 Å². The molecule has 106 valence electrons. The normalized spacial score (nSPS) is 13.3. The summed E-state index contributed by atoms with van der Waals surface area (Å²) in [6, 6.07) is 4.28. The van der Waals surface area contributed by atoms with E-state index in [9.17, 15) is 4.39 Å². The summed E-state index contributed by atoms with van der Waals surface area (Å²) < 4.78 is 13.1. The zero-order valence-electron chi connectivity index (χ0n) is 11.2. The van der Waals surface area contributed by atoms with E-state index in [2.05, 4.69) is 15.3 Å². The van der Waals surface area contributed by atoms with E-state index in [1.54, 1.807) is 19.3 Å². The molecule has 1 heterocycles. The van der Waals surface area contributed by atoms with E-state index in [0.717, 1.165) is 17.0 Å². The van der Waals surface area contributed by atoms with Crippen LogP contribution in [0.15, 0.2) is 34.8 Å². The lowest BCUT2D eigenvalue weighted by Crippen LogP contribution is -2.20. The van der Waals surface area contributed by atoms with Gasteiger partial charge in [0.15, 0.2) is 10.8 Å². The number of nitrogens with zero attached hydrogens (tertiary/aromatic N) is 2. The quantitative estimate of drug-likeness (QED) is 0.683. The Labute approximate surface area is 126 Å². The van der Waals surface area contributed by atoms with Crippen LogP contribution in [-0.2, 0) is 0 Å². The van der Waals surface area contributed by atoms with Crippen molar-refractivity contribution in [3.63, 3.8) is 0 Å². The van der Waals surface area contributed by atoms with Gasteiger partial charge in [-0.05, 0) is 24.1 Å². The van der Waals surface area contributed by atoms with Crippen molar-refractivity contribution in [1.82, 2.24) is 10.3 Å². The van der Waals surface area contributed by atoms with E-state index in [1.165, 1.54) is 23.5 Å². The van der Waals surface area contributed by atoms with Crippen molar-refractivity contribution in [1.29, 1.82) is 0 Å². The minimum atomic E-state index is -0.341. The molecule has 1 N–H and O–H groups in total. The van der Waals surface area contributed by atoms with E-state index in [-0.39, 0.29) is 11.9 Å². The number of benzene rings is 1. The Bertz CT molecular complexity index is 598. The molecular weight excluding hydrogens is 297 g/mol. The SMILES string of the molecule is CC[C@@H](/N=C(\NC)c1nccs1)c1ccc(F)cc1Cl. The fraction of sp³-hybridized carbons (Fsp3) is 0.286. The first kappa shape index (κ1) is 14.9. The van der Waals surface area contributed by atoms with Crippen LogP contribution in [0.3, 0.4) is 0 Å². The molecule has 0 aliphatic rings. The first-order valence-electron chi connectivity index (χ1n) is 6.26. The summed E-state index contributed by atoms with van der Waals surface area (Å²) in [7, 11) is 1.80. The van der Waals surface area contributed by atoms with Gasteiger partial charge in [0.25, 0.3) is 0 Å². The molecule has 2 rings (SSSR count). The van der Waals surface area contributed by atoms with E-state index in [4.69, 9.17) is 11.6 Å². The molecule has 0 amide bonds. The van der Waals surface area contributed by atoms with Gasteiger partial charge in [-0.25, -0.2) is 9.37 Å². The summed E-state index contributed by atoms with van der Waals surface area (Å²) >= 11 is 7.62. The standard InChI is InChI=1S/C14H15ClFN3S/c1-3-12(10-5-4-9(16)8-11(10)15)19-13(17-2)14-18-6-7-20-14/h4-8,12H,3H2,1-2H3,(H,17,19)/t12-/m1/s1. The van der Waals surface area contributed by atoms with Crippen LogP contribution < -0.4 is 5.32 Å². The predicted octanol–water partition coefficient (Wildman–Crippen LogP) is 4.05. The fourth-order valence-corrected chi connectivity index (χ4v) is 2.81. The monoisotopic (exact) mass is 311 g/mol. The molecule has 0 spiro atoms. The van der Waals surface area contributed by atoms with Gasteiger partial charge in [-0.15, -0.1) is 11.3 Å². The first-order valence-corrected chi connectivity index (χ1v) is 7.51. The van der Waals surface area contributed by atoms with Gasteiger partial charge in [0, 0.05) is 23.6 Å². The zero-order valence-corrected chi connectivity index (χ0v) is 12.8. The number of thiazole rings is 1. The minimum absolute atomic E-state index is 0.130. The van der Waals surface area contributed by atoms with Crippen LogP contribution in [0.1, 0.15) is 30.0 Å². The van der Waals surface area contributed by atoms with Gasteiger partial charge in [-0.2, -0.15) is 0 Å². The highest BCUT2D eigenvalue weighted by molar-refractivity contribution is 7.11. The molecule has 0 bridgehead atoms. The van der Waals surface area contributed by atoms with E-state index < -0.39 is 0 Å². The van der Waals surface area contributed by atoms with E-state index >= 15 is 0 Å². The molecule has 1 aromatic heterocycles. The van der Waals surface area contributed by atoms with Crippen LogP contribution in [0.25, 0.3) is 0 Å². The average Bonchev–Trinajstić information content (AvgIpc) is 2.95. The van der Waals surface area contributed by atoms with Gasteiger partial charge in [0.1, 0.15) is 5.82 Å². The van der Waals surface area contributed by atoms with Crippen LogP contribution in [0.5, 0.6) is 0 Å².